The van der Waals surface area contributed by atoms with E-state index in [9.17, 15) is 4.79 Å². The van der Waals surface area contributed by atoms with Crippen LogP contribution >= 0.6 is 0 Å². The number of rotatable bonds is 7. The zero-order chi connectivity index (χ0) is 16.8. The van der Waals surface area contributed by atoms with Crippen LogP contribution in [0.3, 0.4) is 0 Å². The highest BCUT2D eigenvalue weighted by Crippen LogP contribution is 2.16. The number of hydrogen-bond donors (Lipinski definition) is 1. The summed E-state index contributed by atoms with van der Waals surface area (Å²) in [4.78, 5) is 16.6. The van der Waals surface area contributed by atoms with Crippen molar-refractivity contribution in [3.05, 3.63) is 0 Å². The van der Waals surface area contributed by atoms with E-state index in [1.807, 2.05) is 39.5 Å². The van der Waals surface area contributed by atoms with Crippen LogP contribution in [0, 0.1) is 5.92 Å². The lowest BCUT2D eigenvalue weighted by atomic mass is 10.1. The van der Waals surface area contributed by atoms with Crippen LogP contribution in [0.15, 0.2) is 0 Å². The summed E-state index contributed by atoms with van der Waals surface area (Å²) in [6, 6.07) is 0.162. The maximum absolute atomic E-state index is 12.3. The van der Waals surface area contributed by atoms with Gasteiger partial charge in [0.05, 0.1) is 0 Å². The third-order valence-electron chi connectivity index (χ3n) is 3.96. The Morgan fingerprint density at radius 1 is 1.41 bits per heavy atom. The van der Waals surface area contributed by atoms with Crippen molar-refractivity contribution in [3.8, 4) is 0 Å². The molecule has 1 atom stereocenters. The first kappa shape index (κ1) is 19.2. The molecule has 0 spiro atoms. The lowest BCUT2D eigenvalue weighted by molar-refractivity contribution is 0.0175. The number of hydrogen-bond acceptors (Lipinski definition) is 4. The van der Waals surface area contributed by atoms with Crippen molar-refractivity contribution in [3.63, 3.8) is 0 Å². The van der Waals surface area contributed by atoms with Crippen molar-refractivity contribution in [2.75, 3.05) is 39.3 Å². The Bertz CT molecular complexity index is 339. The van der Waals surface area contributed by atoms with E-state index in [0.717, 1.165) is 45.2 Å². The van der Waals surface area contributed by atoms with Crippen molar-refractivity contribution < 1.29 is 9.53 Å². The maximum Gasteiger partial charge on any atom is 0.410 e. The minimum Gasteiger partial charge on any atom is -0.444 e. The van der Waals surface area contributed by atoms with Crippen LogP contribution in [0.2, 0.25) is 0 Å². The summed E-state index contributed by atoms with van der Waals surface area (Å²) < 4.78 is 5.51. The lowest BCUT2D eigenvalue weighted by Crippen LogP contribution is -2.44. The molecule has 0 aromatic rings. The normalized spacial score (nSPS) is 19.7. The fourth-order valence-electron chi connectivity index (χ4n) is 2.76. The summed E-state index contributed by atoms with van der Waals surface area (Å²) in [6.07, 6.45) is 1.05. The van der Waals surface area contributed by atoms with Gasteiger partial charge >= 0.3 is 6.09 Å². The number of nitrogens with one attached hydrogen (secondary N) is 1. The second-order valence-corrected chi connectivity index (χ2v) is 7.53. The summed E-state index contributed by atoms with van der Waals surface area (Å²) in [5, 5.41) is 3.43. The fraction of sp³-hybridized carbons (Fsp3) is 0.941. The first-order valence-corrected chi connectivity index (χ1v) is 8.65. The number of ether oxygens (including phenoxy) is 1. The van der Waals surface area contributed by atoms with Crippen LogP contribution < -0.4 is 5.32 Å². The summed E-state index contributed by atoms with van der Waals surface area (Å²) in [5.74, 6) is 0.744. The molecule has 0 radical (unpaired) electrons. The minimum atomic E-state index is -0.436. The van der Waals surface area contributed by atoms with Crippen LogP contribution in [0.25, 0.3) is 0 Å². The van der Waals surface area contributed by atoms with Crippen molar-refractivity contribution >= 4 is 6.09 Å². The molecule has 5 nitrogen and oxygen atoms in total. The number of carbonyl (C=O) groups excluding carboxylic acids is 1. The second-order valence-electron chi connectivity index (χ2n) is 7.53. The van der Waals surface area contributed by atoms with Gasteiger partial charge in [0.2, 0.25) is 0 Å². The highest BCUT2D eigenvalue weighted by atomic mass is 16.6. The van der Waals surface area contributed by atoms with E-state index in [4.69, 9.17) is 4.74 Å². The number of likely N-dealkylation sites (tertiary alicyclic amines) is 1. The summed E-state index contributed by atoms with van der Waals surface area (Å²) in [6.45, 7) is 18.0. The van der Waals surface area contributed by atoms with Gasteiger partial charge in [-0.15, -0.1) is 0 Å². The van der Waals surface area contributed by atoms with Gasteiger partial charge in [-0.05, 0) is 66.6 Å². The van der Waals surface area contributed by atoms with Crippen LogP contribution in [0.1, 0.15) is 48.0 Å². The molecule has 1 heterocycles. The van der Waals surface area contributed by atoms with Crippen LogP contribution in [0.5, 0.6) is 0 Å². The lowest BCUT2D eigenvalue weighted by Gasteiger charge is -2.31. The Balaban J connectivity index is 2.41. The largest absolute Gasteiger partial charge is 0.444 e. The zero-order valence-electron chi connectivity index (χ0n) is 15.3. The van der Waals surface area contributed by atoms with Gasteiger partial charge in [0.25, 0.3) is 0 Å². The van der Waals surface area contributed by atoms with Gasteiger partial charge in [0.15, 0.2) is 0 Å². The molecular weight excluding hydrogens is 278 g/mol. The van der Waals surface area contributed by atoms with E-state index in [1.54, 1.807) is 0 Å². The molecule has 1 fully saturated rings. The molecule has 1 unspecified atom stereocenters. The molecule has 0 aromatic carbocycles. The van der Waals surface area contributed by atoms with E-state index in [0.29, 0.717) is 0 Å². The van der Waals surface area contributed by atoms with E-state index in [2.05, 4.69) is 17.1 Å². The summed E-state index contributed by atoms with van der Waals surface area (Å²) >= 11 is 0. The molecule has 0 aliphatic carbocycles. The Kier molecular flexibility index (Phi) is 7.63. The molecule has 1 aliphatic heterocycles. The van der Waals surface area contributed by atoms with Crippen molar-refractivity contribution in [1.29, 1.82) is 0 Å². The molecule has 0 saturated carbocycles. The van der Waals surface area contributed by atoms with Crippen LogP contribution in [0.4, 0.5) is 4.79 Å². The number of carbonyl (C=O) groups is 1. The summed E-state index contributed by atoms with van der Waals surface area (Å²) in [7, 11) is 0. The third kappa shape index (κ3) is 6.97. The van der Waals surface area contributed by atoms with Gasteiger partial charge in [-0.2, -0.15) is 0 Å². The van der Waals surface area contributed by atoms with Gasteiger partial charge in [-0.25, -0.2) is 4.79 Å². The highest BCUT2D eigenvalue weighted by Gasteiger charge is 2.26. The Morgan fingerprint density at radius 2 is 2.09 bits per heavy atom. The van der Waals surface area contributed by atoms with Crippen LogP contribution in [-0.4, -0.2) is 66.8 Å². The first-order valence-electron chi connectivity index (χ1n) is 8.65. The monoisotopic (exact) mass is 313 g/mol. The maximum atomic E-state index is 12.3. The van der Waals surface area contributed by atoms with Gasteiger partial charge in [0.1, 0.15) is 5.60 Å². The number of nitrogens with zero attached hydrogens (tertiary/aromatic N) is 2. The average Bonchev–Trinajstić information content (AvgIpc) is 2.82. The van der Waals surface area contributed by atoms with E-state index in [1.165, 1.54) is 6.42 Å². The molecule has 1 N–H and O–H groups in total. The Labute approximate surface area is 136 Å². The fourth-order valence-corrected chi connectivity index (χ4v) is 2.76. The van der Waals surface area contributed by atoms with Crippen molar-refractivity contribution in [2.45, 2.75) is 59.6 Å². The Morgan fingerprint density at radius 3 is 2.64 bits per heavy atom. The molecule has 22 heavy (non-hydrogen) atoms. The van der Waals surface area contributed by atoms with Crippen LogP contribution in [-0.2, 0) is 4.74 Å². The van der Waals surface area contributed by atoms with Gasteiger partial charge in [-0.1, -0.05) is 6.92 Å². The highest BCUT2D eigenvalue weighted by molar-refractivity contribution is 5.68. The average molecular weight is 313 g/mol. The SMILES string of the molecule is CCNCC1CCN(CCN(C(=O)OC(C)(C)C)C(C)C)C1. The molecule has 1 rings (SSSR count). The third-order valence-corrected chi connectivity index (χ3v) is 3.96. The topological polar surface area (TPSA) is 44.8 Å². The summed E-state index contributed by atoms with van der Waals surface area (Å²) in [5.41, 5.74) is -0.436. The van der Waals surface area contributed by atoms with Crippen molar-refractivity contribution in [1.82, 2.24) is 15.1 Å². The zero-order valence-corrected chi connectivity index (χ0v) is 15.3. The molecule has 5 heteroatoms. The predicted octanol–water partition coefficient (Wildman–Crippen LogP) is 2.56. The van der Waals surface area contributed by atoms with Gasteiger partial charge in [-0.3, -0.25) is 0 Å². The quantitative estimate of drug-likeness (QED) is 0.784. The molecule has 1 aliphatic rings. The van der Waals surface area contributed by atoms with Gasteiger partial charge < -0.3 is 19.9 Å². The van der Waals surface area contributed by atoms with E-state index < -0.39 is 5.60 Å². The first-order chi connectivity index (χ1) is 10.2. The molecule has 0 aromatic heterocycles. The smallest absolute Gasteiger partial charge is 0.410 e. The number of amides is 1. The molecular formula is C17H35N3O2. The molecule has 1 saturated heterocycles. The predicted molar refractivity (Wildman–Crippen MR) is 91.2 cm³/mol. The standard InChI is InChI=1S/C17H35N3O2/c1-7-18-12-15-8-9-19(13-15)10-11-20(14(2)3)16(21)22-17(4,5)6/h14-15,18H,7-13H2,1-6H3. The molecule has 1 amide bonds. The van der Waals surface area contributed by atoms with Crippen molar-refractivity contribution in [2.24, 2.45) is 5.92 Å². The van der Waals surface area contributed by atoms with E-state index in [-0.39, 0.29) is 12.1 Å². The minimum absolute atomic E-state index is 0.162. The molecule has 130 valence electrons. The Hall–Kier alpha value is -0.810. The van der Waals surface area contributed by atoms with E-state index >= 15 is 0 Å². The van der Waals surface area contributed by atoms with Gasteiger partial charge in [0, 0.05) is 25.7 Å². The second kappa shape index (κ2) is 8.73. The molecule has 0 bridgehead atoms.